The zero-order valence-corrected chi connectivity index (χ0v) is 15.4. The van der Waals surface area contributed by atoms with E-state index in [1.807, 2.05) is 13.0 Å². The molecule has 0 radical (unpaired) electrons. The Balaban J connectivity index is 2.32. The van der Waals surface area contributed by atoms with Crippen molar-refractivity contribution in [1.29, 1.82) is 0 Å². The second-order valence-corrected chi connectivity index (χ2v) is 7.02. The summed E-state index contributed by atoms with van der Waals surface area (Å²) in [5.74, 6) is 0. The highest BCUT2D eigenvalue weighted by Gasteiger charge is 2.51. The zero-order valence-electron chi connectivity index (χ0n) is 15.4. The van der Waals surface area contributed by atoms with Crippen molar-refractivity contribution in [2.75, 3.05) is 6.54 Å². The van der Waals surface area contributed by atoms with Crippen LogP contribution in [0.25, 0.3) is 0 Å². The zero-order chi connectivity index (χ0) is 17.3. The Morgan fingerprint density at radius 2 is 1.78 bits per heavy atom. The normalized spacial score (nSPS) is 20.5. The number of benzene rings is 1. The van der Waals surface area contributed by atoms with Crippen LogP contribution in [0.15, 0.2) is 35.3 Å². The van der Waals surface area contributed by atoms with Crippen LogP contribution >= 0.6 is 0 Å². The SMILES string of the molecule is C/C=C\C(=NCC)c1ccc(B2OC(C)(C)C(C)(C)O2)cc1C. The molecular weight excluding hydrogens is 285 g/mol. The van der Waals surface area contributed by atoms with Crippen molar-refractivity contribution in [1.82, 2.24) is 0 Å². The van der Waals surface area contributed by atoms with Crippen LogP contribution in [0.4, 0.5) is 0 Å². The van der Waals surface area contributed by atoms with Gasteiger partial charge >= 0.3 is 7.12 Å². The van der Waals surface area contributed by atoms with Crippen LogP contribution in [-0.2, 0) is 9.31 Å². The van der Waals surface area contributed by atoms with Gasteiger partial charge in [-0.1, -0.05) is 24.3 Å². The van der Waals surface area contributed by atoms with E-state index in [0.29, 0.717) is 0 Å². The van der Waals surface area contributed by atoms with Crippen LogP contribution in [0.2, 0.25) is 0 Å². The molecule has 124 valence electrons. The number of rotatable bonds is 4. The first-order valence-corrected chi connectivity index (χ1v) is 8.35. The molecule has 0 unspecified atom stereocenters. The molecule has 0 aliphatic carbocycles. The Morgan fingerprint density at radius 3 is 2.26 bits per heavy atom. The van der Waals surface area contributed by atoms with Crippen molar-refractivity contribution < 1.29 is 9.31 Å². The number of allylic oxidation sites excluding steroid dienone is 2. The number of hydrogen-bond acceptors (Lipinski definition) is 3. The molecule has 1 saturated heterocycles. The second-order valence-electron chi connectivity index (χ2n) is 7.02. The molecule has 1 fully saturated rings. The van der Waals surface area contributed by atoms with Gasteiger partial charge in [0.1, 0.15) is 0 Å². The summed E-state index contributed by atoms with van der Waals surface area (Å²) in [5.41, 5.74) is 3.79. The molecule has 0 spiro atoms. The third kappa shape index (κ3) is 3.59. The molecule has 1 aliphatic heterocycles. The van der Waals surface area contributed by atoms with E-state index in [0.717, 1.165) is 23.3 Å². The van der Waals surface area contributed by atoms with E-state index < -0.39 is 0 Å². The summed E-state index contributed by atoms with van der Waals surface area (Å²) in [5, 5.41) is 0. The van der Waals surface area contributed by atoms with Crippen molar-refractivity contribution in [3.8, 4) is 0 Å². The highest BCUT2D eigenvalue weighted by Crippen LogP contribution is 2.36. The topological polar surface area (TPSA) is 30.8 Å². The molecule has 0 bridgehead atoms. The second kappa shape index (κ2) is 6.62. The number of aliphatic imine (C=N–C) groups is 1. The predicted octanol–water partition coefficient (Wildman–Crippen LogP) is 3.68. The van der Waals surface area contributed by atoms with Crippen LogP contribution in [0, 0.1) is 6.92 Å². The molecule has 1 heterocycles. The Kier molecular flexibility index (Phi) is 5.17. The maximum Gasteiger partial charge on any atom is 0.494 e. The van der Waals surface area contributed by atoms with Gasteiger partial charge in [-0.15, -0.1) is 0 Å². The van der Waals surface area contributed by atoms with Gasteiger partial charge in [0, 0.05) is 12.1 Å². The van der Waals surface area contributed by atoms with Crippen LogP contribution in [0.1, 0.15) is 52.7 Å². The van der Waals surface area contributed by atoms with Gasteiger partial charge in [0.2, 0.25) is 0 Å². The average Bonchev–Trinajstić information content (AvgIpc) is 2.67. The fraction of sp³-hybridized carbons (Fsp3) is 0.526. The summed E-state index contributed by atoms with van der Waals surface area (Å²) < 4.78 is 12.3. The number of nitrogens with zero attached hydrogens (tertiary/aromatic N) is 1. The van der Waals surface area contributed by atoms with E-state index in [1.54, 1.807) is 0 Å². The van der Waals surface area contributed by atoms with Gasteiger partial charge in [-0.2, -0.15) is 0 Å². The lowest BCUT2D eigenvalue weighted by Gasteiger charge is -2.32. The molecule has 0 amide bonds. The Morgan fingerprint density at radius 1 is 1.17 bits per heavy atom. The van der Waals surface area contributed by atoms with Crippen molar-refractivity contribution in [2.45, 2.75) is 59.7 Å². The minimum absolute atomic E-state index is 0.315. The maximum atomic E-state index is 6.13. The van der Waals surface area contributed by atoms with Gasteiger partial charge in [-0.3, -0.25) is 4.99 Å². The Bertz CT molecular complexity index is 616. The third-order valence-electron chi connectivity index (χ3n) is 4.70. The minimum Gasteiger partial charge on any atom is -0.399 e. The molecule has 1 aromatic carbocycles. The maximum absolute atomic E-state index is 6.13. The predicted molar refractivity (Wildman–Crippen MR) is 98.8 cm³/mol. The lowest BCUT2D eigenvalue weighted by Crippen LogP contribution is -2.41. The van der Waals surface area contributed by atoms with E-state index in [9.17, 15) is 0 Å². The lowest BCUT2D eigenvalue weighted by molar-refractivity contribution is 0.00578. The molecule has 2 rings (SSSR count). The van der Waals surface area contributed by atoms with Gasteiger partial charge in [-0.05, 0) is 65.6 Å². The van der Waals surface area contributed by atoms with Crippen LogP contribution in [0.3, 0.4) is 0 Å². The van der Waals surface area contributed by atoms with Gasteiger partial charge in [-0.25, -0.2) is 0 Å². The molecule has 0 N–H and O–H groups in total. The van der Waals surface area contributed by atoms with Gasteiger partial charge in [0.15, 0.2) is 0 Å². The molecular formula is C19H28BNO2. The molecule has 3 nitrogen and oxygen atoms in total. The third-order valence-corrected chi connectivity index (χ3v) is 4.70. The molecule has 0 atom stereocenters. The summed E-state index contributed by atoms with van der Waals surface area (Å²) in [4.78, 5) is 4.59. The highest BCUT2D eigenvalue weighted by molar-refractivity contribution is 6.62. The van der Waals surface area contributed by atoms with E-state index in [1.165, 1.54) is 5.56 Å². The van der Waals surface area contributed by atoms with Crippen LogP contribution in [0.5, 0.6) is 0 Å². The Hall–Kier alpha value is -1.39. The smallest absolute Gasteiger partial charge is 0.399 e. The Labute approximate surface area is 140 Å². The molecule has 1 aliphatic rings. The van der Waals surface area contributed by atoms with E-state index >= 15 is 0 Å². The van der Waals surface area contributed by atoms with Crippen molar-refractivity contribution >= 4 is 18.3 Å². The number of aryl methyl sites for hydroxylation is 1. The fourth-order valence-corrected chi connectivity index (χ4v) is 2.66. The van der Waals surface area contributed by atoms with Crippen molar-refractivity contribution in [3.05, 3.63) is 41.5 Å². The van der Waals surface area contributed by atoms with E-state index in [4.69, 9.17) is 9.31 Å². The standard InChI is InChI=1S/C19H28BNO2/c1-8-10-17(21-9-2)16-12-11-15(13-14(16)3)20-22-18(4,5)19(6,7)23-20/h8,10-13H,9H2,1-7H3/b10-8-,21-17?. The molecule has 4 heteroatoms. The first-order valence-electron chi connectivity index (χ1n) is 8.35. The largest absolute Gasteiger partial charge is 0.494 e. The molecule has 0 saturated carbocycles. The monoisotopic (exact) mass is 313 g/mol. The fourth-order valence-electron chi connectivity index (χ4n) is 2.66. The van der Waals surface area contributed by atoms with Gasteiger partial charge in [0.25, 0.3) is 0 Å². The average molecular weight is 313 g/mol. The van der Waals surface area contributed by atoms with Gasteiger partial charge in [0.05, 0.1) is 16.9 Å². The summed E-state index contributed by atoms with van der Waals surface area (Å²) in [6.45, 7) is 15.3. The lowest BCUT2D eigenvalue weighted by atomic mass is 9.77. The molecule has 0 aromatic heterocycles. The molecule has 23 heavy (non-hydrogen) atoms. The summed E-state index contributed by atoms with van der Waals surface area (Å²) in [7, 11) is -0.318. The summed E-state index contributed by atoms with van der Waals surface area (Å²) in [6.07, 6.45) is 4.08. The summed E-state index contributed by atoms with van der Waals surface area (Å²) in [6, 6.07) is 6.34. The first kappa shape index (κ1) is 18.0. The highest BCUT2D eigenvalue weighted by atomic mass is 16.7. The first-order chi connectivity index (χ1) is 10.7. The van der Waals surface area contributed by atoms with E-state index in [-0.39, 0.29) is 18.3 Å². The molecule has 1 aromatic rings. The van der Waals surface area contributed by atoms with E-state index in [2.05, 4.69) is 70.8 Å². The van der Waals surface area contributed by atoms with Crippen molar-refractivity contribution in [3.63, 3.8) is 0 Å². The van der Waals surface area contributed by atoms with Crippen LogP contribution < -0.4 is 5.46 Å². The minimum atomic E-state index is -0.318. The quantitative estimate of drug-likeness (QED) is 0.627. The van der Waals surface area contributed by atoms with Crippen LogP contribution in [-0.4, -0.2) is 30.6 Å². The van der Waals surface area contributed by atoms with Crippen molar-refractivity contribution in [2.24, 2.45) is 4.99 Å². The summed E-state index contributed by atoms with van der Waals surface area (Å²) >= 11 is 0. The van der Waals surface area contributed by atoms with Gasteiger partial charge < -0.3 is 9.31 Å². The number of hydrogen-bond donors (Lipinski definition) is 0.